The monoisotopic (exact) mass is 263 g/mol. The SMILES string of the molecule is CCCCC(CC)Cn1c(N)nc2c(C)nn(C)c21. The molecule has 5 heteroatoms. The molecule has 2 heterocycles. The molecule has 0 saturated carbocycles. The van der Waals surface area contributed by atoms with Gasteiger partial charge in [-0.3, -0.25) is 9.25 Å². The van der Waals surface area contributed by atoms with Gasteiger partial charge in [0.15, 0.2) is 5.65 Å². The Kier molecular flexibility index (Phi) is 4.12. The highest BCUT2D eigenvalue weighted by molar-refractivity contribution is 5.77. The zero-order valence-electron chi connectivity index (χ0n) is 12.5. The number of nitrogen functional groups attached to an aromatic ring is 1. The summed E-state index contributed by atoms with van der Waals surface area (Å²) in [7, 11) is 1.96. The fourth-order valence-corrected chi connectivity index (χ4v) is 2.71. The molecule has 0 aromatic carbocycles. The second-order valence-electron chi connectivity index (χ2n) is 5.38. The van der Waals surface area contributed by atoms with Crippen LogP contribution in [0.3, 0.4) is 0 Å². The van der Waals surface area contributed by atoms with Crippen molar-refractivity contribution in [3.8, 4) is 0 Å². The lowest BCUT2D eigenvalue weighted by Crippen LogP contribution is -2.14. The Morgan fingerprint density at radius 2 is 2.05 bits per heavy atom. The number of hydrogen-bond donors (Lipinski definition) is 1. The van der Waals surface area contributed by atoms with Gasteiger partial charge in [-0.1, -0.05) is 33.1 Å². The van der Waals surface area contributed by atoms with E-state index >= 15 is 0 Å². The Morgan fingerprint density at radius 1 is 1.32 bits per heavy atom. The van der Waals surface area contributed by atoms with Crippen LogP contribution in [0.2, 0.25) is 0 Å². The maximum atomic E-state index is 6.08. The Bertz CT molecular complexity index is 552. The molecule has 0 amide bonds. The first kappa shape index (κ1) is 13.9. The first-order chi connectivity index (χ1) is 9.08. The molecule has 0 aliphatic carbocycles. The topological polar surface area (TPSA) is 61.7 Å². The smallest absolute Gasteiger partial charge is 0.202 e. The van der Waals surface area contributed by atoms with E-state index in [9.17, 15) is 0 Å². The van der Waals surface area contributed by atoms with Crippen molar-refractivity contribution in [3.05, 3.63) is 5.69 Å². The Morgan fingerprint density at radius 3 is 2.68 bits per heavy atom. The Balaban J connectivity index is 2.30. The van der Waals surface area contributed by atoms with E-state index in [1.165, 1.54) is 25.7 Å². The van der Waals surface area contributed by atoms with E-state index in [0.29, 0.717) is 11.9 Å². The summed E-state index contributed by atoms with van der Waals surface area (Å²) in [6.45, 7) is 7.41. The zero-order valence-corrected chi connectivity index (χ0v) is 12.5. The summed E-state index contributed by atoms with van der Waals surface area (Å²) in [5, 5.41) is 4.43. The molecule has 0 saturated heterocycles. The van der Waals surface area contributed by atoms with Gasteiger partial charge in [-0.25, -0.2) is 4.98 Å². The van der Waals surface area contributed by atoms with Crippen molar-refractivity contribution in [2.24, 2.45) is 13.0 Å². The third kappa shape index (κ3) is 2.60. The lowest BCUT2D eigenvalue weighted by molar-refractivity contribution is 0.395. The number of unbranched alkanes of at least 4 members (excludes halogenated alkanes) is 1. The van der Waals surface area contributed by atoms with E-state index in [1.54, 1.807) is 0 Å². The predicted octanol–water partition coefficient (Wildman–Crippen LogP) is 2.88. The van der Waals surface area contributed by atoms with Gasteiger partial charge in [0.2, 0.25) is 5.95 Å². The normalized spacial score (nSPS) is 13.3. The molecule has 0 fully saturated rings. The number of anilines is 1. The van der Waals surface area contributed by atoms with Crippen molar-refractivity contribution in [1.82, 2.24) is 19.3 Å². The molecular weight excluding hydrogens is 238 g/mol. The fraction of sp³-hybridized carbons (Fsp3) is 0.714. The summed E-state index contributed by atoms with van der Waals surface area (Å²) < 4.78 is 4.01. The van der Waals surface area contributed by atoms with Gasteiger partial charge in [0.1, 0.15) is 5.52 Å². The summed E-state index contributed by atoms with van der Waals surface area (Å²) in [6.07, 6.45) is 4.95. The van der Waals surface area contributed by atoms with Crippen LogP contribution in [0.5, 0.6) is 0 Å². The third-order valence-electron chi connectivity index (χ3n) is 3.90. The Hall–Kier alpha value is -1.52. The minimum absolute atomic E-state index is 0.612. The first-order valence-electron chi connectivity index (χ1n) is 7.23. The van der Waals surface area contributed by atoms with Gasteiger partial charge >= 0.3 is 0 Å². The third-order valence-corrected chi connectivity index (χ3v) is 3.90. The van der Waals surface area contributed by atoms with Gasteiger partial charge in [0, 0.05) is 13.6 Å². The van der Waals surface area contributed by atoms with Crippen molar-refractivity contribution < 1.29 is 0 Å². The fourth-order valence-electron chi connectivity index (χ4n) is 2.71. The van der Waals surface area contributed by atoms with E-state index in [2.05, 4.69) is 28.5 Å². The van der Waals surface area contributed by atoms with Crippen molar-refractivity contribution >= 4 is 17.1 Å². The van der Waals surface area contributed by atoms with Crippen molar-refractivity contribution in [3.63, 3.8) is 0 Å². The Labute approximate surface area is 114 Å². The average molecular weight is 263 g/mol. The van der Waals surface area contributed by atoms with Gasteiger partial charge in [0.25, 0.3) is 0 Å². The number of aryl methyl sites for hydroxylation is 2. The van der Waals surface area contributed by atoms with Crippen molar-refractivity contribution in [2.75, 3.05) is 5.73 Å². The minimum Gasteiger partial charge on any atom is -0.369 e. The highest BCUT2D eigenvalue weighted by atomic mass is 15.3. The maximum Gasteiger partial charge on any atom is 0.202 e. The van der Waals surface area contributed by atoms with Crippen molar-refractivity contribution in [2.45, 2.75) is 53.0 Å². The number of aromatic nitrogens is 4. The van der Waals surface area contributed by atoms with Crippen LogP contribution in [-0.4, -0.2) is 19.3 Å². The zero-order chi connectivity index (χ0) is 14.0. The number of nitrogens with two attached hydrogens (primary N) is 1. The second-order valence-corrected chi connectivity index (χ2v) is 5.38. The molecule has 19 heavy (non-hydrogen) atoms. The highest BCUT2D eigenvalue weighted by Crippen LogP contribution is 2.24. The van der Waals surface area contributed by atoms with Gasteiger partial charge in [-0.05, 0) is 19.3 Å². The highest BCUT2D eigenvalue weighted by Gasteiger charge is 2.18. The summed E-state index contributed by atoms with van der Waals surface area (Å²) >= 11 is 0. The standard InChI is InChI=1S/C14H25N5/c1-5-7-8-11(6-2)9-19-13-12(16-14(19)15)10(3)17-18(13)4/h11H,5-9H2,1-4H3,(H2,15,16). The molecular formula is C14H25N5. The quantitative estimate of drug-likeness (QED) is 0.871. The molecule has 2 aromatic heterocycles. The lowest BCUT2D eigenvalue weighted by atomic mass is 9.99. The first-order valence-corrected chi connectivity index (χ1v) is 7.23. The van der Waals surface area contributed by atoms with Crippen LogP contribution in [0.4, 0.5) is 5.95 Å². The van der Waals surface area contributed by atoms with Gasteiger partial charge < -0.3 is 5.73 Å². The van der Waals surface area contributed by atoms with Crippen LogP contribution in [0.25, 0.3) is 11.2 Å². The van der Waals surface area contributed by atoms with Crippen LogP contribution < -0.4 is 5.73 Å². The van der Waals surface area contributed by atoms with Crippen LogP contribution in [0.15, 0.2) is 0 Å². The molecule has 106 valence electrons. The molecule has 0 aliphatic rings. The molecule has 2 aromatic rings. The summed E-state index contributed by atoms with van der Waals surface area (Å²) in [6, 6.07) is 0. The van der Waals surface area contributed by atoms with Gasteiger partial charge in [-0.2, -0.15) is 5.10 Å². The number of rotatable bonds is 6. The maximum absolute atomic E-state index is 6.08. The van der Waals surface area contributed by atoms with E-state index in [4.69, 9.17) is 5.73 Å². The summed E-state index contributed by atoms with van der Waals surface area (Å²) in [5.74, 6) is 1.27. The van der Waals surface area contributed by atoms with Crippen molar-refractivity contribution in [1.29, 1.82) is 0 Å². The average Bonchev–Trinajstić information content (AvgIpc) is 2.84. The number of nitrogens with zero attached hydrogens (tertiary/aromatic N) is 4. The number of imidazole rings is 1. The van der Waals surface area contributed by atoms with E-state index < -0.39 is 0 Å². The molecule has 2 N–H and O–H groups in total. The van der Waals surface area contributed by atoms with Crippen LogP contribution >= 0.6 is 0 Å². The van der Waals surface area contributed by atoms with Gasteiger partial charge in [0.05, 0.1) is 5.69 Å². The largest absolute Gasteiger partial charge is 0.369 e. The number of fused-ring (bicyclic) bond motifs is 1. The van der Waals surface area contributed by atoms with Crippen LogP contribution in [0, 0.1) is 12.8 Å². The summed E-state index contributed by atoms with van der Waals surface area (Å²) in [4.78, 5) is 4.46. The van der Waals surface area contributed by atoms with Gasteiger partial charge in [-0.15, -0.1) is 0 Å². The molecule has 0 radical (unpaired) electrons. The van der Waals surface area contributed by atoms with Crippen LogP contribution in [0.1, 0.15) is 45.2 Å². The minimum atomic E-state index is 0.612. The predicted molar refractivity (Wildman–Crippen MR) is 79.0 cm³/mol. The lowest BCUT2D eigenvalue weighted by Gasteiger charge is -2.16. The van der Waals surface area contributed by atoms with E-state index in [1.807, 2.05) is 18.7 Å². The molecule has 0 aliphatic heterocycles. The summed E-state index contributed by atoms with van der Waals surface area (Å²) in [5.41, 5.74) is 9.01. The molecule has 2 rings (SSSR count). The molecule has 0 bridgehead atoms. The number of hydrogen-bond acceptors (Lipinski definition) is 3. The van der Waals surface area contributed by atoms with Crippen LogP contribution in [-0.2, 0) is 13.6 Å². The molecule has 5 nitrogen and oxygen atoms in total. The van der Waals surface area contributed by atoms with E-state index in [0.717, 1.165) is 23.4 Å². The molecule has 1 unspecified atom stereocenters. The second kappa shape index (κ2) is 5.63. The molecule has 0 spiro atoms. The van der Waals surface area contributed by atoms with E-state index in [-0.39, 0.29) is 0 Å². The molecule has 1 atom stereocenters.